The van der Waals surface area contributed by atoms with Gasteiger partial charge in [0, 0.05) is 5.69 Å². The van der Waals surface area contributed by atoms with Crippen molar-refractivity contribution in [1.82, 2.24) is 0 Å². The maximum atomic E-state index is 8.79. The van der Waals surface area contributed by atoms with E-state index in [1.54, 1.807) is 0 Å². The number of ether oxygens (including phenoxy) is 1. The zero-order chi connectivity index (χ0) is 13.1. The summed E-state index contributed by atoms with van der Waals surface area (Å²) in [5.74, 6) is 0. The van der Waals surface area contributed by atoms with Crippen LogP contribution in [0.25, 0.3) is 0 Å². The second-order valence-corrected chi connectivity index (χ2v) is 4.60. The van der Waals surface area contributed by atoms with E-state index in [1.165, 1.54) is 11.1 Å². The minimum Gasteiger partial charge on any atom is -0.376 e. The minimum atomic E-state index is 0.165. The van der Waals surface area contributed by atoms with Crippen LogP contribution in [0.4, 0.5) is 5.69 Å². The van der Waals surface area contributed by atoms with Gasteiger partial charge >= 0.3 is 0 Å². The summed E-state index contributed by atoms with van der Waals surface area (Å²) in [6.07, 6.45) is 0. The Morgan fingerprint density at radius 2 is 1.89 bits per heavy atom. The maximum absolute atomic E-state index is 8.79. The lowest BCUT2D eigenvalue weighted by atomic mass is 9.99. The van der Waals surface area contributed by atoms with Crippen molar-refractivity contribution in [3.05, 3.63) is 65.2 Å². The molecule has 0 fully saturated rings. The Morgan fingerprint density at radius 1 is 1.11 bits per heavy atom. The summed E-state index contributed by atoms with van der Waals surface area (Å²) in [6, 6.07) is 18.1. The fourth-order valence-corrected chi connectivity index (χ4v) is 2.34. The summed E-state index contributed by atoms with van der Waals surface area (Å²) in [4.78, 5) is 0. The molecule has 1 N–H and O–H groups in total. The van der Waals surface area contributed by atoms with E-state index in [9.17, 15) is 0 Å². The van der Waals surface area contributed by atoms with Crippen molar-refractivity contribution in [2.24, 2.45) is 0 Å². The number of fused-ring (bicyclic) bond motifs is 1. The summed E-state index contributed by atoms with van der Waals surface area (Å²) in [5, 5.41) is 12.2. The van der Waals surface area contributed by atoms with E-state index < -0.39 is 0 Å². The fraction of sp³-hybridized carbons (Fsp3) is 0.188. The van der Waals surface area contributed by atoms with Gasteiger partial charge in [0.25, 0.3) is 0 Å². The van der Waals surface area contributed by atoms with Crippen LogP contribution in [0.2, 0.25) is 0 Å². The highest BCUT2D eigenvalue weighted by Crippen LogP contribution is 2.27. The molecule has 3 nitrogen and oxygen atoms in total. The van der Waals surface area contributed by atoms with Crippen LogP contribution < -0.4 is 5.32 Å². The Hall–Kier alpha value is -2.31. The van der Waals surface area contributed by atoms with E-state index in [1.807, 2.05) is 30.3 Å². The van der Waals surface area contributed by atoms with Gasteiger partial charge in [-0.2, -0.15) is 5.26 Å². The van der Waals surface area contributed by atoms with Gasteiger partial charge in [-0.15, -0.1) is 0 Å². The lowest BCUT2D eigenvalue weighted by Gasteiger charge is -2.27. The third-order valence-corrected chi connectivity index (χ3v) is 3.33. The van der Waals surface area contributed by atoms with Gasteiger partial charge in [-0.1, -0.05) is 24.3 Å². The molecule has 0 amide bonds. The van der Waals surface area contributed by atoms with Crippen LogP contribution in [-0.2, 0) is 11.3 Å². The number of hydrogen-bond donors (Lipinski definition) is 1. The molecule has 0 saturated carbocycles. The SMILES string of the molecule is N#Cc1ccc(NC2COCc3ccccc32)cc1. The van der Waals surface area contributed by atoms with Gasteiger partial charge in [0.15, 0.2) is 0 Å². The van der Waals surface area contributed by atoms with Gasteiger partial charge in [0.2, 0.25) is 0 Å². The van der Waals surface area contributed by atoms with Gasteiger partial charge in [0.1, 0.15) is 0 Å². The highest BCUT2D eigenvalue weighted by molar-refractivity contribution is 5.50. The number of nitriles is 1. The summed E-state index contributed by atoms with van der Waals surface area (Å²) in [7, 11) is 0. The first-order chi connectivity index (χ1) is 9.36. The molecule has 0 aromatic heterocycles. The first-order valence-electron chi connectivity index (χ1n) is 6.29. The van der Waals surface area contributed by atoms with Gasteiger partial charge in [-0.05, 0) is 35.4 Å². The summed E-state index contributed by atoms with van der Waals surface area (Å²) in [6.45, 7) is 1.35. The normalized spacial score (nSPS) is 17.3. The molecule has 1 unspecified atom stereocenters. The van der Waals surface area contributed by atoms with E-state index in [0.29, 0.717) is 18.8 Å². The molecule has 0 aliphatic carbocycles. The molecule has 1 atom stereocenters. The molecule has 0 saturated heterocycles. The average Bonchev–Trinajstić information content (AvgIpc) is 2.48. The molecule has 0 spiro atoms. The topological polar surface area (TPSA) is 45.0 Å². The smallest absolute Gasteiger partial charge is 0.0991 e. The van der Waals surface area contributed by atoms with Crippen molar-refractivity contribution in [3.63, 3.8) is 0 Å². The van der Waals surface area contributed by atoms with E-state index in [0.717, 1.165) is 5.69 Å². The van der Waals surface area contributed by atoms with E-state index >= 15 is 0 Å². The van der Waals surface area contributed by atoms with E-state index in [2.05, 4.69) is 29.6 Å². The molecule has 1 aliphatic rings. The minimum absolute atomic E-state index is 0.165. The molecule has 0 bridgehead atoms. The predicted octanol–water partition coefficient (Wildman–Crippen LogP) is 3.24. The number of nitrogens with one attached hydrogen (secondary N) is 1. The van der Waals surface area contributed by atoms with Crippen molar-refractivity contribution < 1.29 is 4.74 Å². The van der Waals surface area contributed by atoms with E-state index in [-0.39, 0.29) is 6.04 Å². The lowest BCUT2D eigenvalue weighted by Crippen LogP contribution is -2.23. The van der Waals surface area contributed by atoms with Crippen LogP contribution in [-0.4, -0.2) is 6.61 Å². The maximum Gasteiger partial charge on any atom is 0.0991 e. The van der Waals surface area contributed by atoms with Crippen molar-refractivity contribution in [1.29, 1.82) is 5.26 Å². The van der Waals surface area contributed by atoms with Gasteiger partial charge in [-0.25, -0.2) is 0 Å². The third-order valence-electron chi connectivity index (χ3n) is 3.33. The number of anilines is 1. The molecule has 2 aromatic carbocycles. The Labute approximate surface area is 112 Å². The molecule has 94 valence electrons. The van der Waals surface area contributed by atoms with Crippen LogP contribution in [0.3, 0.4) is 0 Å². The van der Waals surface area contributed by atoms with Gasteiger partial charge in [-0.3, -0.25) is 0 Å². The number of benzene rings is 2. The fourth-order valence-electron chi connectivity index (χ4n) is 2.34. The highest BCUT2D eigenvalue weighted by atomic mass is 16.5. The van der Waals surface area contributed by atoms with Crippen molar-refractivity contribution >= 4 is 5.69 Å². The Morgan fingerprint density at radius 3 is 2.68 bits per heavy atom. The monoisotopic (exact) mass is 250 g/mol. The first-order valence-corrected chi connectivity index (χ1v) is 6.29. The third kappa shape index (κ3) is 2.44. The number of rotatable bonds is 2. The van der Waals surface area contributed by atoms with E-state index in [4.69, 9.17) is 10.00 Å². The Balaban J connectivity index is 1.82. The molecular formula is C16H14N2O. The van der Waals surface area contributed by atoms with Gasteiger partial charge < -0.3 is 10.1 Å². The van der Waals surface area contributed by atoms with Crippen LogP contribution >= 0.6 is 0 Å². The molecule has 2 aromatic rings. The summed E-state index contributed by atoms with van der Waals surface area (Å²) >= 11 is 0. The van der Waals surface area contributed by atoms with Crippen molar-refractivity contribution in [3.8, 4) is 6.07 Å². The standard InChI is InChI=1S/C16H14N2O/c17-9-12-5-7-14(8-6-12)18-16-11-19-10-13-3-1-2-4-15(13)16/h1-8,16,18H,10-11H2. The average molecular weight is 250 g/mol. The molecule has 3 heteroatoms. The van der Waals surface area contributed by atoms with Crippen LogP contribution in [0.1, 0.15) is 22.7 Å². The first kappa shape index (κ1) is 11.8. The van der Waals surface area contributed by atoms with Crippen LogP contribution in [0.5, 0.6) is 0 Å². The number of nitrogens with zero attached hydrogens (tertiary/aromatic N) is 1. The highest BCUT2D eigenvalue weighted by Gasteiger charge is 2.19. The predicted molar refractivity (Wildman–Crippen MR) is 73.6 cm³/mol. The second-order valence-electron chi connectivity index (χ2n) is 4.60. The zero-order valence-electron chi connectivity index (χ0n) is 10.5. The Kier molecular flexibility index (Phi) is 3.18. The number of hydrogen-bond acceptors (Lipinski definition) is 3. The largest absolute Gasteiger partial charge is 0.376 e. The molecule has 0 radical (unpaired) electrons. The quantitative estimate of drug-likeness (QED) is 0.890. The zero-order valence-corrected chi connectivity index (χ0v) is 10.5. The Bertz CT molecular complexity index is 613. The van der Waals surface area contributed by atoms with Crippen LogP contribution in [0.15, 0.2) is 48.5 Å². The molecule has 1 heterocycles. The van der Waals surface area contributed by atoms with Crippen molar-refractivity contribution in [2.75, 3.05) is 11.9 Å². The lowest BCUT2D eigenvalue weighted by molar-refractivity contribution is 0.0970. The molecule has 3 rings (SSSR count). The molecule has 19 heavy (non-hydrogen) atoms. The van der Waals surface area contributed by atoms with Crippen molar-refractivity contribution in [2.45, 2.75) is 12.6 Å². The second kappa shape index (κ2) is 5.13. The summed E-state index contributed by atoms with van der Waals surface area (Å²) < 4.78 is 5.61. The van der Waals surface area contributed by atoms with Gasteiger partial charge in [0.05, 0.1) is 30.9 Å². The van der Waals surface area contributed by atoms with Crippen LogP contribution in [0, 0.1) is 11.3 Å². The molecule has 1 aliphatic heterocycles. The summed E-state index contributed by atoms with van der Waals surface area (Å²) in [5.41, 5.74) is 4.20. The molecular weight excluding hydrogens is 236 g/mol.